The van der Waals surface area contributed by atoms with Crippen LogP contribution in [-0.4, -0.2) is 13.0 Å². The molecule has 5 aromatic rings. The van der Waals surface area contributed by atoms with E-state index in [-0.39, 0.29) is 5.91 Å². The number of amides is 1. The Hall–Kier alpha value is -4.63. The van der Waals surface area contributed by atoms with Crippen LogP contribution in [0.3, 0.4) is 0 Å². The molecule has 1 unspecified atom stereocenters. The van der Waals surface area contributed by atoms with Crippen molar-refractivity contribution in [1.29, 1.82) is 0 Å². The highest BCUT2D eigenvalue weighted by atomic mass is 16.5. The van der Waals surface area contributed by atoms with Crippen molar-refractivity contribution in [3.05, 3.63) is 150 Å². The van der Waals surface area contributed by atoms with Gasteiger partial charge in [-0.3, -0.25) is 9.69 Å². The van der Waals surface area contributed by atoms with Gasteiger partial charge in [0.05, 0.1) is 12.8 Å². The van der Waals surface area contributed by atoms with Crippen molar-refractivity contribution in [3.63, 3.8) is 0 Å². The van der Waals surface area contributed by atoms with E-state index < -0.39 is 5.54 Å². The summed E-state index contributed by atoms with van der Waals surface area (Å²) in [4.78, 5) is 16.5. The van der Waals surface area contributed by atoms with Gasteiger partial charge in [0, 0.05) is 16.7 Å². The van der Waals surface area contributed by atoms with E-state index in [0.717, 1.165) is 38.9 Å². The predicted molar refractivity (Wildman–Crippen MR) is 146 cm³/mol. The number of hydrogen-bond acceptors (Lipinski definition) is 2. The molecule has 1 amide bonds. The van der Waals surface area contributed by atoms with Crippen molar-refractivity contribution >= 4 is 28.4 Å². The van der Waals surface area contributed by atoms with Gasteiger partial charge >= 0.3 is 0 Å². The van der Waals surface area contributed by atoms with Crippen molar-refractivity contribution in [3.8, 4) is 5.75 Å². The number of para-hydroxylation sites is 1. The van der Waals surface area contributed by atoms with Gasteiger partial charge < -0.3 is 4.74 Å². The highest BCUT2D eigenvalue weighted by molar-refractivity contribution is 6.12. The Morgan fingerprint density at radius 2 is 1.39 bits per heavy atom. The van der Waals surface area contributed by atoms with Crippen molar-refractivity contribution in [2.75, 3.05) is 12.0 Å². The summed E-state index contributed by atoms with van der Waals surface area (Å²) in [6.07, 6.45) is 4.31. The fourth-order valence-corrected chi connectivity index (χ4v) is 5.34. The smallest absolute Gasteiger partial charge is 0.259 e. The molecule has 6 rings (SSSR count). The number of carbonyl (C=O) groups is 1. The second-order valence-corrected chi connectivity index (χ2v) is 8.89. The van der Waals surface area contributed by atoms with Gasteiger partial charge in [0.25, 0.3) is 5.91 Å². The molecule has 1 heterocycles. The lowest BCUT2D eigenvalue weighted by molar-refractivity contribution is 0.0969. The van der Waals surface area contributed by atoms with E-state index in [0.29, 0.717) is 5.56 Å². The first-order valence-electron chi connectivity index (χ1n) is 12.0. The third kappa shape index (κ3) is 3.32. The lowest BCUT2D eigenvalue weighted by atomic mass is 9.76. The summed E-state index contributed by atoms with van der Waals surface area (Å²) in [5, 5.41) is 2.25. The number of fused-ring (bicyclic) bond motifs is 3. The zero-order chi connectivity index (χ0) is 24.5. The molecule has 5 aromatic carbocycles. The van der Waals surface area contributed by atoms with Gasteiger partial charge in [-0.25, -0.2) is 0 Å². The lowest BCUT2D eigenvalue weighted by Gasteiger charge is -2.46. The minimum absolute atomic E-state index is 0.0776. The molecule has 0 bridgehead atoms. The summed E-state index contributed by atoms with van der Waals surface area (Å²) in [6, 6.07) is 40.1. The maximum absolute atomic E-state index is 14.5. The quantitative estimate of drug-likeness (QED) is 0.274. The van der Waals surface area contributed by atoms with Gasteiger partial charge in [-0.2, -0.15) is 0 Å². The van der Waals surface area contributed by atoms with Crippen LogP contribution in [0, 0.1) is 0 Å². The molecule has 0 aliphatic carbocycles. The van der Waals surface area contributed by atoms with Crippen LogP contribution < -0.4 is 9.64 Å². The number of methoxy groups -OCH3 is 1. The SMILES string of the molecule is COc1ccccc1C1(c2ccccc2)C=Cc2c(ccc3ccccc23)N1C(=O)c1ccccc1. The monoisotopic (exact) mass is 467 g/mol. The largest absolute Gasteiger partial charge is 0.496 e. The molecule has 0 saturated carbocycles. The number of hydrogen-bond donors (Lipinski definition) is 0. The number of rotatable bonds is 4. The summed E-state index contributed by atoms with van der Waals surface area (Å²) < 4.78 is 5.87. The van der Waals surface area contributed by atoms with Crippen molar-refractivity contribution in [2.45, 2.75) is 5.54 Å². The Bertz CT molecular complexity index is 1590. The molecule has 0 aromatic heterocycles. The Kier molecular flexibility index (Phi) is 5.38. The minimum atomic E-state index is -0.920. The van der Waals surface area contributed by atoms with Crippen molar-refractivity contribution < 1.29 is 9.53 Å². The van der Waals surface area contributed by atoms with E-state index in [1.165, 1.54) is 0 Å². The number of anilines is 1. The molecule has 174 valence electrons. The first kappa shape index (κ1) is 21.9. The number of ether oxygens (including phenoxy) is 1. The summed E-state index contributed by atoms with van der Waals surface area (Å²) >= 11 is 0. The zero-order valence-corrected chi connectivity index (χ0v) is 20.0. The first-order chi connectivity index (χ1) is 17.7. The minimum Gasteiger partial charge on any atom is -0.496 e. The average Bonchev–Trinajstić information content (AvgIpc) is 2.97. The van der Waals surface area contributed by atoms with Gasteiger partial charge in [-0.15, -0.1) is 0 Å². The number of carbonyl (C=O) groups excluding carboxylic acids is 1. The average molecular weight is 468 g/mol. The molecule has 0 radical (unpaired) electrons. The van der Waals surface area contributed by atoms with Crippen LogP contribution in [-0.2, 0) is 5.54 Å². The Labute approximate surface area is 210 Å². The highest BCUT2D eigenvalue weighted by Gasteiger charge is 2.46. The molecule has 1 aliphatic heterocycles. The molecule has 0 saturated heterocycles. The molecule has 3 nitrogen and oxygen atoms in total. The topological polar surface area (TPSA) is 29.5 Å². The molecule has 3 heteroatoms. The Morgan fingerprint density at radius 1 is 0.722 bits per heavy atom. The van der Waals surface area contributed by atoms with E-state index in [4.69, 9.17) is 4.74 Å². The second-order valence-electron chi connectivity index (χ2n) is 8.89. The Balaban J connectivity index is 1.73. The van der Waals surface area contributed by atoms with E-state index in [1.54, 1.807) is 7.11 Å². The van der Waals surface area contributed by atoms with Crippen LogP contribution in [0.25, 0.3) is 16.8 Å². The van der Waals surface area contributed by atoms with E-state index in [2.05, 4.69) is 48.6 Å². The van der Waals surface area contributed by atoms with E-state index >= 15 is 0 Å². The maximum Gasteiger partial charge on any atom is 0.259 e. The molecule has 1 atom stereocenters. The van der Waals surface area contributed by atoms with Crippen LogP contribution in [0.2, 0.25) is 0 Å². The normalized spacial score (nSPS) is 16.5. The molecule has 0 fully saturated rings. The van der Waals surface area contributed by atoms with Crippen molar-refractivity contribution in [2.24, 2.45) is 0 Å². The molecule has 0 N–H and O–H groups in total. The van der Waals surface area contributed by atoms with Crippen molar-refractivity contribution in [1.82, 2.24) is 0 Å². The van der Waals surface area contributed by atoms with Gasteiger partial charge in [0.15, 0.2) is 0 Å². The summed E-state index contributed by atoms with van der Waals surface area (Å²) in [5.74, 6) is 0.646. The van der Waals surface area contributed by atoms with E-state index in [9.17, 15) is 4.79 Å². The summed E-state index contributed by atoms with van der Waals surface area (Å²) in [5.41, 5.74) is 3.48. The third-order valence-corrected chi connectivity index (χ3v) is 6.99. The van der Waals surface area contributed by atoms with Crippen LogP contribution in [0.1, 0.15) is 27.0 Å². The molecule has 36 heavy (non-hydrogen) atoms. The Morgan fingerprint density at radius 3 is 2.17 bits per heavy atom. The lowest BCUT2D eigenvalue weighted by Crippen LogP contribution is -2.51. The third-order valence-electron chi connectivity index (χ3n) is 6.99. The van der Waals surface area contributed by atoms with Crippen LogP contribution in [0.4, 0.5) is 5.69 Å². The first-order valence-corrected chi connectivity index (χ1v) is 12.0. The number of benzene rings is 5. The van der Waals surface area contributed by atoms with Gasteiger partial charge in [-0.05, 0) is 46.7 Å². The second kappa shape index (κ2) is 8.86. The number of nitrogens with zero attached hydrogens (tertiary/aromatic N) is 1. The zero-order valence-electron chi connectivity index (χ0n) is 20.0. The highest BCUT2D eigenvalue weighted by Crippen LogP contribution is 2.50. The van der Waals surface area contributed by atoms with Gasteiger partial charge in [0.1, 0.15) is 11.3 Å². The van der Waals surface area contributed by atoms with Crippen LogP contribution >= 0.6 is 0 Å². The van der Waals surface area contributed by atoms with Gasteiger partial charge in [0.2, 0.25) is 0 Å². The standard InChI is InChI=1S/C33H25NO2/c1-36-31-19-11-10-18-29(31)33(26-15-6-3-7-16-26)23-22-28-27-17-9-8-12-24(27)20-21-30(28)34(33)32(35)25-13-4-2-5-14-25/h2-23H,1H3. The fraction of sp³-hybridized carbons (Fsp3) is 0.0606. The van der Waals surface area contributed by atoms with E-state index in [1.807, 2.05) is 89.8 Å². The predicted octanol–water partition coefficient (Wildman–Crippen LogP) is 7.47. The van der Waals surface area contributed by atoms with Crippen LogP contribution in [0.5, 0.6) is 5.75 Å². The fourth-order valence-electron chi connectivity index (χ4n) is 5.34. The molecular formula is C33H25NO2. The van der Waals surface area contributed by atoms with Gasteiger partial charge in [-0.1, -0.05) is 103 Å². The summed E-state index contributed by atoms with van der Waals surface area (Å²) in [7, 11) is 1.68. The maximum atomic E-state index is 14.5. The molecule has 1 aliphatic rings. The molecular weight excluding hydrogens is 442 g/mol. The molecule has 0 spiro atoms. The van der Waals surface area contributed by atoms with Crippen LogP contribution in [0.15, 0.2) is 127 Å². The summed E-state index contributed by atoms with van der Waals surface area (Å²) in [6.45, 7) is 0.